The van der Waals surface area contributed by atoms with Crippen molar-refractivity contribution in [2.24, 2.45) is 11.6 Å². The van der Waals surface area contributed by atoms with E-state index in [1.807, 2.05) is 0 Å². The van der Waals surface area contributed by atoms with E-state index in [9.17, 15) is 48.3 Å². The van der Waals surface area contributed by atoms with Crippen LogP contribution in [0.15, 0.2) is 60.1 Å². The van der Waals surface area contributed by atoms with E-state index in [1.165, 1.54) is 53.7 Å². The van der Waals surface area contributed by atoms with Crippen molar-refractivity contribution in [3.05, 3.63) is 71.2 Å². The van der Waals surface area contributed by atoms with Gasteiger partial charge in [0.2, 0.25) is 11.8 Å². The van der Waals surface area contributed by atoms with E-state index < -0.39 is 84.1 Å². The van der Waals surface area contributed by atoms with Gasteiger partial charge >= 0.3 is 29.9 Å². The van der Waals surface area contributed by atoms with Crippen LogP contribution in [-0.4, -0.2) is 117 Å². The van der Waals surface area contributed by atoms with Crippen LogP contribution < -0.4 is 36.9 Å². The largest absolute Gasteiger partial charge is 0.543 e. The SMILES string of the molecule is CCN1CCN(C(=O)N[C@@H](C(=O)N[C@@H]2C(=O)N3C(C(=O)[O-])=C(C[n+]4ccc(C(N)=O)cc4)CS[C@H]23)c2ccc(N(N)C(=O)OCCC(=O)O)cc2)C(=O)C1=O. The monoisotopic (exact) mass is 781 g/mol. The van der Waals surface area contributed by atoms with Crippen LogP contribution in [-0.2, 0) is 40.0 Å². The van der Waals surface area contributed by atoms with E-state index in [4.69, 9.17) is 21.4 Å². The van der Waals surface area contributed by atoms with Crippen LogP contribution in [0.5, 0.6) is 0 Å². The van der Waals surface area contributed by atoms with Crippen molar-refractivity contribution in [1.29, 1.82) is 0 Å². The van der Waals surface area contributed by atoms with Gasteiger partial charge in [-0.15, -0.1) is 11.8 Å². The Balaban J connectivity index is 1.35. The highest BCUT2D eigenvalue weighted by molar-refractivity contribution is 8.00. The van der Waals surface area contributed by atoms with Crippen molar-refractivity contribution in [3.8, 4) is 0 Å². The van der Waals surface area contributed by atoms with Gasteiger partial charge in [-0.2, -0.15) is 0 Å². The summed E-state index contributed by atoms with van der Waals surface area (Å²) in [6, 6.07) is 4.10. The first-order valence-electron chi connectivity index (χ1n) is 16.5. The number of primary amides is 1. The maximum absolute atomic E-state index is 13.9. The summed E-state index contributed by atoms with van der Waals surface area (Å²) in [5, 5.41) is 25.7. The third-order valence-electron chi connectivity index (χ3n) is 8.80. The molecule has 1 aromatic heterocycles. The number of carboxylic acid groups (broad SMARTS) is 2. The number of ether oxygens (including phenoxy) is 1. The minimum Gasteiger partial charge on any atom is -0.543 e. The molecular formula is C33H35N9O12S. The number of piperazine rings is 1. The number of rotatable bonds is 13. The molecule has 2 fully saturated rings. The van der Waals surface area contributed by atoms with Gasteiger partial charge in [-0.25, -0.2) is 25.0 Å². The maximum atomic E-state index is 13.9. The van der Waals surface area contributed by atoms with Crippen molar-refractivity contribution in [1.82, 2.24) is 25.3 Å². The van der Waals surface area contributed by atoms with Crippen LogP contribution in [0.25, 0.3) is 0 Å². The van der Waals surface area contributed by atoms with Gasteiger partial charge in [-0.3, -0.25) is 38.6 Å². The van der Waals surface area contributed by atoms with Gasteiger partial charge in [-0.1, -0.05) is 12.1 Å². The minimum atomic E-state index is -1.62. The quantitative estimate of drug-likeness (QED) is 0.0336. The van der Waals surface area contributed by atoms with E-state index >= 15 is 0 Å². The molecule has 0 bridgehead atoms. The van der Waals surface area contributed by atoms with Gasteiger partial charge in [0.15, 0.2) is 18.9 Å². The first-order valence-corrected chi connectivity index (χ1v) is 17.6. The molecule has 0 spiro atoms. The lowest BCUT2D eigenvalue weighted by molar-refractivity contribution is -0.689. The number of thioether (sulfide) groups is 1. The molecule has 0 radical (unpaired) electrons. The number of pyridine rings is 1. The molecule has 4 heterocycles. The van der Waals surface area contributed by atoms with E-state index in [1.54, 1.807) is 11.5 Å². The molecule has 5 rings (SSSR count). The number of likely N-dealkylation sites (N-methyl/N-ethyl adjacent to an activating group) is 1. The summed E-state index contributed by atoms with van der Waals surface area (Å²) in [7, 11) is 0. The van der Waals surface area contributed by atoms with Crippen LogP contribution in [0.1, 0.15) is 35.3 Å². The molecule has 1 aromatic carbocycles. The molecule has 290 valence electrons. The number of aromatic nitrogens is 1. The van der Waals surface area contributed by atoms with Crippen LogP contribution in [0.2, 0.25) is 0 Å². The van der Waals surface area contributed by atoms with Crippen LogP contribution in [0.4, 0.5) is 15.3 Å². The molecule has 21 nitrogen and oxygen atoms in total. The molecule has 7 N–H and O–H groups in total. The second-order valence-corrected chi connectivity index (χ2v) is 13.3. The number of nitrogens with zero attached hydrogens (tertiary/aromatic N) is 5. The Morgan fingerprint density at radius 1 is 1.05 bits per heavy atom. The fourth-order valence-electron chi connectivity index (χ4n) is 5.88. The summed E-state index contributed by atoms with van der Waals surface area (Å²) < 4.78 is 6.40. The normalized spacial score (nSPS) is 18.5. The number of hydrazine groups is 1. The number of fused-ring (bicyclic) bond motifs is 1. The zero-order chi connectivity index (χ0) is 40.1. The van der Waals surface area contributed by atoms with Crippen LogP contribution >= 0.6 is 11.8 Å². The number of amides is 8. The number of β-lactam (4-membered cyclic amide) rings is 1. The molecular weight excluding hydrogens is 746 g/mol. The second-order valence-electron chi connectivity index (χ2n) is 12.2. The van der Waals surface area contributed by atoms with Gasteiger partial charge in [-0.05, 0) is 24.6 Å². The maximum Gasteiger partial charge on any atom is 0.428 e. The number of hydrogen-bond donors (Lipinski definition) is 5. The third kappa shape index (κ3) is 8.49. The fraction of sp³-hybridized carbons (Fsp3) is 0.333. The molecule has 2 saturated heterocycles. The highest BCUT2D eigenvalue weighted by Gasteiger charge is 2.53. The number of urea groups is 1. The van der Waals surface area contributed by atoms with Crippen molar-refractivity contribution >= 4 is 71.0 Å². The number of imide groups is 1. The first-order chi connectivity index (χ1) is 26.1. The Hall–Kier alpha value is -6.55. The lowest BCUT2D eigenvalue weighted by atomic mass is 10.0. The highest BCUT2D eigenvalue weighted by atomic mass is 32.2. The molecule has 2 aromatic rings. The summed E-state index contributed by atoms with van der Waals surface area (Å²) in [5.74, 6) is -1.32. The summed E-state index contributed by atoms with van der Waals surface area (Å²) >= 11 is 1.16. The third-order valence-corrected chi connectivity index (χ3v) is 10.1. The molecule has 3 atom stereocenters. The van der Waals surface area contributed by atoms with Gasteiger partial charge in [0.05, 0.1) is 29.3 Å². The van der Waals surface area contributed by atoms with E-state index in [2.05, 4.69) is 10.6 Å². The highest BCUT2D eigenvalue weighted by Crippen LogP contribution is 2.40. The molecule has 3 aliphatic heterocycles. The number of carbonyl (C=O) groups is 9. The number of benzene rings is 1. The van der Waals surface area contributed by atoms with Gasteiger partial charge < -0.3 is 41.0 Å². The Kier molecular flexibility index (Phi) is 12.0. The Morgan fingerprint density at radius 2 is 1.73 bits per heavy atom. The number of nitrogens with two attached hydrogens (primary N) is 2. The van der Waals surface area contributed by atoms with Gasteiger partial charge in [0.1, 0.15) is 24.1 Å². The summed E-state index contributed by atoms with van der Waals surface area (Å²) in [4.78, 5) is 116. The average Bonchev–Trinajstić information content (AvgIpc) is 3.16. The smallest absolute Gasteiger partial charge is 0.428 e. The van der Waals surface area contributed by atoms with E-state index in [0.29, 0.717) is 15.5 Å². The number of aliphatic carboxylic acids is 2. The first kappa shape index (κ1) is 39.7. The number of carbonyl (C=O) groups excluding carboxylic acids is 8. The summed E-state index contributed by atoms with van der Waals surface area (Å²) in [5.41, 5.74) is 5.57. The standard InChI is InChI=1S/C33H35N9O12S/c1-2-39-12-13-40(29(49)28(39)48)32(52)37-22(17-3-5-20(6-4-17)42(35)33(53)54-14-9-21(43)44)26(46)36-23-27(47)41-24(31(50)51)19(16-55-30(23)41)15-38-10-7-18(8-11-38)25(34)45/h3-8,10-11,22-23,30H,2,9,12-16,35H2,1H3,(H5-,34,36,37,43,44,45,46,50,51,52)/t22-,23-,30-/m1/s1. The Labute approximate surface area is 315 Å². The van der Waals surface area contributed by atoms with Gasteiger partial charge in [0.25, 0.3) is 5.91 Å². The van der Waals surface area contributed by atoms with Crippen molar-refractivity contribution < 1.29 is 62.7 Å². The second kappa shape index (κ2) is 16.6. The molecule has 0 saturated carbocycles. The predicted octanol–water partition coefficient (Wildman–Crippen LogP) is -3.09. The van der Waals surface area contributed by atoms with Crippen LogP contribution in [0.3, 0.4) is 0 Å². The minimum absolute atomic E-state index is 0.0288. The van der Waals surface area contributed by atoms with E-state index in [-0.39, 0.29) is 54.4 Å². The molecule has 0 unspecified atom stereocenters. The average molecular weight is 782 g/mol. The number of hydrogen-bond acceptors (Lipinski definition) is 13. The predicted molar refractivity (Wildman–Crippen MR) is 184 cm³/mol. The molecule has 3 aliphatic rings. The zero-order valence-electron chi connectivity index (χ0n) is 29.0. The van der Waals surface area contributed by atoms with Crippen molar-refractivity contribution in [2.45, 2.75) is 37.3 Å². The number of carboxylic acids is 2. The molecule has 22 heteroatoms. The topological polar surface area (TPSA) is 299 Å². The molecule has 0 aliphatic carbocycles. The molecule has 8 amide bonds. The summed E-state index contributed by atoms with van der Waals surface area (Å²) in [6.07, 6.45) is 1.49. The van der Waals surface area contributed by atoms with Crippen molar-refractivity contribution in [3.63, 3.8) is 0 Å². The van der Waals surface area contributed by atoms with E-state index in [0.717, 1.165) is 16.7 Å². The van der Waals surface area contributed by atoms with Gasteiger partial charge in [0, 0.05) is 43.1 Å². The lowest BCUT2D eigenvalue weighted by Crippen LogP contribution is -2.72. The number of nitrogens with one attached hydrogen (secondary N) is 2. The Bertz CT molecular complexity index is 1970. The summed E-state index contributed by atoms with van der Waals surface area (Å²) in [6.45, 7) is 1.34. The molecule has 55 heavy (non-hydrogen) atoms. The fourth-order valence-corrected chi connectivity index (χ4v) is 7.21. The number of anilines is 1. The van der Waals surface area contributed by atoms with Crippen molar-refractivity contribution in [2.75, 3.05) is 37.0 Å². The zero-order valence-corrected chi connectivity index (χ0v) is 29.9. The Morgan fingerprint density at radius 3 is 2.33 bits per heavy atom. The lowest BCUT2D eigenvalue weighted by Gasteiger charge is -2.50. The van der Waals surface area contributed by atoms with Crippen LogP contribution in [0, 0.1) is 0 Å².